The van der Waals surface area contributed by atoms with Crippen molar-refractivity contribution >= 4 is 11.4 Å². The Kier molecular flexibility index (Phi) is 4.02. The fourth-order valence-electron chi connectivity index (χ4n) is 1.63. The van der Waals surface area contributed by atoms with Crippen LogP contribution in [0.4, 0.5) is 11.4 Å². The Labute approximate surface area is 106 Å². The molecule has 0 aliphatic rings. The van der Waals surface area contributed by atoms with Crippen molar-refractivity contribution < 1.29 is 5.11 Å². The second-order valence-corrected chi connectivity index (χ2v) is 3.97. The topological polar surface area (TPSA) is 57.8 Å². The molecule has 0 aliphatic heterocycles. The Morgan fingerprint density at radius 3 is 2.50 bits per heavy atom. The van der Waals surface area contributed by atoms with Gasteiger partial charge in [-0.2, -0.15) is 10.2 Å². The molecule has 2 rings (SSSR count). The predicted octanol–water partition coefficient (Wildman–Crippen LogP) is 4.16. The summed E-state index contributed by atoms with van der Waals surface area (Å²) in [4.78, 5) is 3.92. The van der Waals surface area contributed by atoms with E-state index in [1.54, 1.807) is 36.7 Å². The van der Waals surface area contributed by atoms with Gasteiger partial charge in [-0.25, -0.2) is 0 Å². The van der Waals surface area contributed by atoms with E-state index in [9.17, 15) is 5.11 Å². The van der Waals surface area contributed by atoms with Gasteiger partial charge in [0.15, 0.2) is 0 Å². The summed E-state index contributed by atoms with van der Waals surface area (Å²) < 4.78 is 0. The first-order chi connectivity index (χ1) is 8.79. The molecule has 92 valence electrons. The molecule has 0 bridgehead atoms. The molecule has 4 heteroatoms. The van der Waals surface area contributed by atoms with Crippen molar-refractivity contribution in [3.8, 4) is 5.75 Å². The number of hydrogen-bond acceptors (Lipinski definition) is 4. The number of pyridine rings is 1. The number of phenols is 1. The lowest BCUT2D eigenvalue weighted by Gasteiger charge is -2.03. The van der Waals surface area contributed by atoms with Crippen LogP contribution in [0, 0.1) is 0 Å². The molecule has 0 unspecified atom stereocenters. The average Bonchev–Trinajstić information content (AvgIpc) is 2.41. The third-order valence-electron chi connectivity index (χ3n) is 2.53. The molecule has 0 saturated heterocycles. The van der Waals surface area contributed by atoms with Crippen LogP contribution in [0.5, 0.6) is 5.75 Å². The third-order valence-corrected chi connectivity index (χ3v) is 2.53. The molecule has 1 aromatic carbocycles. The normalized spacial score (nSPS) is 10.9. The van der Waals surface area contributed by atoms with Gasteiger partial charge in [0.2, 0.25) is 0 Å². The summed E-state index contributed by atoms with van der Waals surface area (Å²) in [6.07, 6.45) is 5.17. The van der Waals surface area contributed by atoms with Crippen LogP contribution in [0.15, 0.2) is 53.0 Å². The van der Waals surface area contributed by atoms with E-state index in [0.717, 1.165) is 29.8 Å². The maximum Gasteiger partial charge on any atom is 0.118 e. The fraction of sp³-hybridized carbons (Fsp3) is 0.214. The van der Waals surface area contributed by atoms with E-state index >= 15 is 0 Å². The van der Waals surface area contributed by atoms with E-state index in [1.165, 1.54) is 0 Å². The Hall–Kier alpha value is -2.23. The number of nitrogens with zero attached hydrogens (tertiary/aromatic N) is 3. The number of aromatic nitrogens is 1. The third kappa shape index (κ3) is 3.13. The minimum Gasteiger partial charge on any atom is -0.508 e. The molecule has 2 aromatic rings. The van der Waals surface area contributed by atoms with Gasteiger partial charge in [0.05, 0.1) is 11.4 Å². The lowest BCUT2D eigenvalue weighted by Crippen LogP contribution is -1.83. The molecule has 0 fully saturated rings. The fourth-order valence-corrected chi connectivity index (χ4v) is 1.63. The molecule has 1 aromatic heterocycles. The standard InChI is InChI=1S/C14H15N3O/c1-2-3-11-10-13(4-5-14(11)18)17-16-12-6-8-15-9-7-12/h4-10,18H,2-3H2,1H3/b17-16+. The van der Waals surface area contributed by atoms with Crippen molar-refractivity contribution in [3.63, 3.8) is 0 Å². The number of benzene rings is 1. The highest BCUT2D eigenvalue weighted by Gasteiger charge is 2.01. The summed E-state index contributed by atoms with van der Waals surface area (Å²) in [6, 6.07) is 8.85. The molecule has 0 aliphatic carbocycles. The quantitative estimate of drug-likeness (QED) is 0.817. The first kappa shape index (κ1) is 12.2. The van der Waals surface area contributed by atoms with Crippen LogP contribution in [0.1, 0.15) is 18.9 Å². The van der Waals surface area contributed by atoms with Crippen LogP contribution < -0.4 is 0 Å². The van der Waals surface area contributed by atoms with E-state index in [0.29, 0.717) is 5.75 Å². The number of hydrogen-bond donors (Lipinski definition) is 1. The van der Waals surface area contributed by atoms with Crippen LogP contribution in [-0.4, -0.2) is 10.1 Å². The van der Waals surface area contributed by atoms with E-state index in [2.05, 4.69) is 22.1 Å². The highest BCUT2D eigenvalue weighted by atomic mass is 16.3. The largest absolute Gasteiger partial charge is 0.508 e. The Bertz CT molecular complexity index is 538. The van der Waals surface area contributed by atoms with Gasteiger partial charge in [-0.05, 0) is 42.3 Å². The number of azo groups is 1. The van der Waals surface area contributed by atoms with Crippen molar-refractivity contribution in [3.05, 3.63) is 48.3 Å². The highest BCUT2D eigenvalue weighted by Crippen LogP contribution is 2.25. The molecule has 0 spiro atoms. The number of phenolic OH excluding ortho intramolecular Hbond substituents is 1. The maximum atomic E-state index is 9.67. The number of aryl methyl sites for hydroxylation is 1. The molecule has 18 heavy (non-hydrogen) atoms. The van der Waals surface area contributed by atoms with Crippen molar-refractivity contribution in [2.45, 2.75) is 19.8 Å². The Balaban J connectivity index is 2.19. The molecular formula is C14H15N3O. The van der Waals surface area contributed by atoms with E-state index in [1.807, 2.05) is 6.07 Å². The van der Waals surface area contributed by atoms with E-state index in [4.69, 9.17) is 0 Å². The molecule has 0 radical (unpaired) electrons. The van der Waals surface area contributed by atoms with Crippen molar-refractivity contribution in [1.29, 1.82) is 0 Å². The van der Waals surface area contributed by atoms with Crippen LogP contribution >= 0.6 is 0 Å². The molecule has 0 amide bonds. The lowest BCUT2D eigenvalue weighted by atomic mass is 10.1. The van der Waals surface area contributed by atoms with Crippen LogP contribution in [-0.2, 0) is 6.42 Å². The zero-order valence-electron chi connectivity index (χ0n) is 10.2. The van der Waals surface area contributed by atoms with Gasteiger partial charge in [0, 0.05) is 12.4 Å². The number of aromatic hydroxyl groups is 1. The Morgan fingerprint density at radius 2 is 1.78 bits per heavy atom. The monoisotopic (exact) mass is 241 g/mol. The summed E-state index contributed by atoms with van der Waals surface area (Å²) in [6.45, 7) is 2.07. The van der Waals surface area contributed by atoms with Crippen LogP contribution in [0.25, 0.3) is 0 Å². The summed E-state index contributed by atoms with van der Waals surface area (Å²) in [5.41, 5.74) is 2.41. The Morgan fingerprint density at radius 1 is 1.06 bits per heavy atom. The van der Waals surface area contributed by atoms with Gasteiger partial charge >= 0.3 is 0 Å². The first-order valence-corrected chi connectivity index (χ1v) is 5.93. The van der Waals surface area contributed by atoms with Crippen molar-refractivity contribution in [1.82, 2.24) is 4.98 Å². The summed E-state index contributed by atoms with van der Waals surface area (Å²) in [5.74, 6) is 0.319. The minimum atomic E-state index is 0.319. The van der Waals surface area contributed by atoms with Crippen molar-refractivity contribution in [2.75, 3.05) is 0 Å². The van der Waals surface area contributed by atoms with Gasteiger partial charge in [-0.3, -0.25) is 4.98 Å². The summed E-state index contributed by atoms with van der Waals surface area (Å²) >= 11 is 0. The zero-order chi connectivity index (χ0) is 12.8. The first-order valence-electron chi connectivity index (χ1n) is 5.93. The molecule has 1 heterocycles. The predicted molar refractivity (Wildman–Crippen MR) is 70.5 cm³/mol. The highest BCUT2D eigenvalue weighted by molar-refractivity contribution is 5.47. The summed E-state index contributed by atoms with van der Waals surface area (Å²) in [5, 5.41) is 17.9. The molecule has 4 nitrogen and oxygen atoms in total. The van der Waals surface area contributed by atoms with E-state index < -0.39 is 0 Å². The molecule has 0 saturated carbocycles. The number of rotatable bonds is 4. The van der Waals surface area contributed by atoms with Gasteiger partial charge in [0.25, 0.3) is 0 Å². The van der Waals surface area contributed by atoms with Gasteiger partial charge in [-0.15, -0.1) is 0 Å². The molecule has 0 atom stereocenters. The zero-order valence-corrected chi connectivity index (χ0v) is 10.2. The lowest BCUT2D eigenvalue weighted by molar-refractivity contribution is 0.467. The average molecular weight is 241 g/mol. The SMILES string of the molecule is CCCc1cc(/N=N/c2ccncc2)ccc1O. The summed E-state index contributed by atoms with van der Waals surface area (Å²) in [7, 11) is 0. The minimum absolute atomic E-state index is 0.319. The smallest absolute Gasteiger partial charge is 0.118 e. The van der Waals surface area contributed by atoms with Gasteiger partial charge in [-0.1, -0.05) is 13.3 Å². The van der Waals surface area contributed by atoms with Gasteiger partial charge < -0.3 is 5.11 Å². The van der Waals surface area contributed by atoms with Crippen molar-refractivity contribution in [2.24, 2.45) is 10.2 Å². The van der Waals surface area contributed by atoms with Crippen LogP contribution in [0.3, 0.4) is 0 Å². The molecule has 1 N–H and O–H groups in total. The van der Waals surface area contributed by atoms with Gasteiger partial charge in [0.1, 0.15) is 5.75 Å². The second-order valence-electron chi connectivity index (χ2n) is 3.97. The molecular weight excluding hydrogens is 226 g/mol. The second kappa shape index (κ2) is 5.91. The maximum absolute atomic E-state index is 9.67. The van der Waals surface area contributed by atoms with Crippen LogP contribution in [0.2, 0.25) is 0 Å². The van der Waals surface area contributed by atoms with E-state index in [-0.39, 0.29) is 0 Å².